The molecular formula is C24H25N3O4S2. The first-order chi connectivity index (χ1) is 15.9. The molecule has 9 heteroatoms. The number of carbonyl (C=O) groups excluding carboxylic acids is 1. The van der Waals surface area contributed by atoms with Crippen LogP contribution in [0.5, 0.6) is 11.5 Å². The molecule has 0 bridgehead atoms. The van der Waals surface area contributed by atoms with Crippen LogP contribution in [-0.4, -0.2) is 41.2 Å². The molecule has 1 aliphatic rings. The molecule has 1 aromatic heterocycles. The zero-order valence-corrected chi connectivity index (χ0v) is 20.6. The Kier molecular flexibility index (Phi) is 6.99. The summed E-state index contributed by atoms with van der Waals surface area (Å²) in [5.41, 5.74) is 4.12. The molecule has 0 unspecified atom stereocenters. The summed E-state index contributed by atoms with van der Waals surface area (Å²) in [5, 5.41) is 3.44. The van der Waals surface area contributed by atoms with Crippen molar-refractivity contribution >= 4 is 35.1 Å². The number of nitrogens with zero attached hydrogens (tertiary/aromatic N) is 2. The van der Waals surface area contributed by atoms with E-state index in [1.807, 2.05) is 32.0 Å². The summed E-state index contributed by atoms with van der Waals surface area (Å²) in [6.07, 6.45) is 0.740. The lowest BCUT2D eigenvalue weighted by molar-refractivity contribution is -0.113. The number of fused-ring (bicyclic) bond motifs is 1. The Bertz CT molecular complexity index is 1270. The predicted molar refractivity (Wildman–Crippen MR) is 133 cm³/mol. The fraction of sp³-hybridized carbons (Fsp3) is 0.292. The average Bonchev–Trinajstić information content (AvgIpc) is 3.29. The molecule has 2 heterocycles. The van der Waals surface area contributed by atoms with E-state index in [9.17, 15) is 9.59 Å². The Morgan fingerprint density at radius 3 is 2.70 bits per heavy atom. The van der Waals surface area contributed by atoms with Gasteiger partial charge in [0.1, 0.15) is 0 Å². The highest BCUT2D eigenvalue weighted by Crippen LogP contribution is 2.33. The van der Waals surface area contributed by atoms with Crippen LogP contribution in [0.1, 0.15) is 16.8 Å². The molecule has 2 aromatic carbocycles. The molecule has 7 nitrogen and oxygen atoms in total. The largest absolute Gasteiger partial charge is 0.493 e. The number of hydrogen-bond acceptors (Lipinski definition) is 7. The zero-order chi connectivity index (χ0) is 23.5. The van der Waals surface area contributed by atoms with Gasteiger partial charge in [0.05, 0.1) is 36.2 Å². The first kappa shape index (κ1) is 23.3. The van der Waals surface area contributed by atoms with Crippen LogP contribution in [-0.2, 0) is 11.2 Å². The topological polar surface area (TPSA) is 82.5 Å². The fourth-order valence-corrected chi connectivity index (χ4v) is 5.42. The number of rotatable bonds is 7. The van der Waals surface area contributed by atoms with Crippen molar-refractivity contribution < 1.29 is 14.3 Å². The van der Waals surface area contributed by atoms with Crippen LogP contribution in [0.15, 0.2) is 51.2 Å². The van der Waals surface area contributed by atoms with Crippen LogP contribution in [0.4, 0.5) is 5.69 Å². The highest BCUT2D eigenvalue weighted by Gasteiger charge is 2.23. The van der Waals surface area contributed by atoms with Crippen LogP contribution in [0, 0.1) is 13.8 Å². The van der Waals surface area contributed by atoms with Crippen LogP contribution < -0.4 is 20.3 Å². The molecule has 4 rings (SSSR count). The van der Waals surface area contributed by atoms with Gasteiger partial charge in [-0.15, -0.1) is 11.8 Å². The van der Waals surface area contributed by atoms with Crippen molar-refractivity contribution in [3.63, 3.8) is 0 Å². The monoisotopic (exact) mass is 483 g/mol. The van der Waals surface area contributed by atoms with Gasteiger partial charge in [-0.1, -0.05) is 23.9 Å². The van der Waals surface area contributed by atoms with Gasteiger partial charge in [-0.05, 0) is 43.2 Å². The van der Waals surface area contributed by atoms with E-state index in [-0.39, 0.29) is 17.2 Å². The Hall–Kier alpha value is -2.91. The van der Waals surface area contributed by atoms with Crippen molar-refractivity contribution in [2.24, 2.45) is 0 Å². The summed E-state index contributed by atoms with van der Waals surface area (Å²) in [6, 6.07) is 11.2. The number of carbonyl (C=O) groups is 1. The van der Waals surface area contributed by atoms with Gasteiger partial charge in [0.15, 0.2) is 16.7 Å². The molecule has 1 amide bonds. The lowest BCUT2D eigenvalue weighted by Gasteiger charge is -2.16. The Balaban J connectivity index is 1.66. The van der Waals surface area contributed by atoms with E-state index >= 15 is 0 Å². The smallest absolute Gasteiger partial charge is 0.272 e. The van der Waals surface area contributed by atoms with Crippen LogP contribution >= 0.6 is 23.5 Å². The van der Waals surface area contributed by atoms with Crippen molar-refractivity contribution in [2.45, 2.75) is 30.3 Å². The van der Waals surface area contributed by atoms with E-state index in [1.54, 1.807) is 37.0 Å². The maximum Gasteiger partial charge on any atom is 0.272 e. The van der Waals surface area contributed by atoms with Gasteiger partial charge in [-0.2, -0.15) is 0 Å². The molecule has 0 saturated heterocycles. The van der Waals surface area contributed by atoms with Crippen LogP contribution in [0.25, 0.3) is 5.69 Å². The third kappa shape index (κ3) is 4.89. The number of ether oxygens (including phenoxy) is 2. The first-order valence-electron chi connectivity index (χ1n) is 10.4. The number of aromatic nitrogens is 2. The third-order valence-corrected chi connectivity index (χ3v) is 7.34. The van der Waals surface area contributed by atoms with Gasteiger partial charge in [-0.25, -0.2) is 4.98 Å². The van der Waals surface area contributed by atoms with Crippen LogP contribution in [0.3, 0.4) is 0 Å². The molecule has 3 aromatic rings. The normalized spacial score (nSPS) is 12.4. The number of aryl methyl sites for hydroxylation is 3. The zero-order valence-electron chi connectivity index (χ0n) is 18.9. The maximum absolute atomic E-state index is 13.4. The average molecular weight is 484 g/mol. The Morgan fingerprint density at radius 2 is 1.94 bits per heavy atom. The number of methoxy groups -OCH3 is 2. The van der Waals surface area contributed by atoms with E-state index in [4.69, 9.17) is 14.5 Å². The van der Waals surface area contributed by atoms with E-state index in [1.165, 1.54) is 23.5 Å². The highest BCUT2D eigenvalue weighted by molar-refractivity contribution is 8.00. The molecule has 0 aliphatic carbocycles. The Labute approximate surface area is 200 Å². The number of benzene rings is 2. The lowest BCUT2D eigenvalue weighted by Crippen LogP contribution is -2.24. The molecular weight excluding hydrogens is 458 g/mol. The van der Waals surface area contributed by atoms with Gasteiger partial charge >= 0.3 is 0 Å². The second-order valence-corrected chi connectivity index (χ2v) is 9.65. The summed E-state index contributed by atoms with van der Waals surface area (Å²) in [6.45, 7) is 3.94. The number of anilines is 1. The summed E-state index contributed by atoms with van der Waals surface area (Å²) in [4.78, 5) is 31.5. The van der Waals surface area contributed by atoms with E-state index in [2.05, 4.69) is 5.32 Å². The third-order valence-electron chi connectivity index (χ3n) is 5.29. The molecule has 0 spiro atoms. The number of amides is 1. The minimum atomic E-state index is -0.156. The van der Waals surface area contributed by atoms with Crippen molar-refractivity contribution in [3.05, 3.63) is 63.6 Å². The maximum atomic E-state index is 13.4. The van der Waals surface area contributed by atoms with Gasteiger partial charge < -0.3 is 14.8 Å². The van der Waals surface area contributed by atoms with E-state index < -0.39 is 0 Å². The summed E-state index contributed by atoms with van der Waals surface area (Å²) < 4.78 is 12.3. The van der Waals surface area contributed by atoms with Crippen molar-refractivity contribution in [1.29, 1.82) is 0 Å². The molecule has 0 atom stereocenters. The highest BCUT2D eigenvalue weighted by atomic mass is 32.2. The van der Waals surface area contributed by atoms with Gasteiger partial charge in [0, 0.05) is 23.9 Å². The standard InChI is InChI=1S/C24H25N3O4S2/c1-14-5-6-15(2)18(11-14)25-21(28)13-33-24-26-17-9-10-32-22(17)23(29)27(24)16-7-8-19(30-3)20(12-16)31-4/h5-8,11-12H,9-10,13H2,1-4H3,(H,25,28). The van der Waals surface area contributed by atoms with Crippen molar-refractivity contribution in [2.75, 3.05) is 31.0 Å². The summed E-state index contributed by atoms with van der Waals surface area (Å²) in [7, 11) is 3.11. The predicted octanol–water partition coefficient (Wildman–Crippen LogP) is 4.25. The summed E-state index contributed by atoms with van der Waals surface area (Å²) in [5.74, 6) is 1.87. The molecule has 0 fully saturated rings. The SMILES string of the molecule is COc1ccc(-n2c(SCC(=O)Nc3cc(C)ccc3C)nc3c(c2=O)SCC3)cc1OC. The molecule has 0 radical (unpaired) electrons. The Morgan fingerprint density at radius 1 is 1.15 bits per heavy atom. The van der Waals surface area contributed by atoms with E-state index in [0.29, 0.717) is 27.2 Å². The van der Waals surface area contributed by atoms with Gasteiger partial charge in [-0.3, -0.25) is 14.2 Å². The first-order valence-corrected chi connectivity index (χ1v) is 12.4. The van der Waals surface area contributed by atoms with Gasteiger partial charge in [0.2, 0.25) is 5.91 Å². The molecule has 172 valence electrons. The number of thioether (sulfide) groups is 2. The fourth-order valence-electron chi connectivity index (χ4n) is 3.57. The van der Waals surface area contributed by atoms with Crippen molar-refractivity contribution in [1.82, 2.24) is 9.55 Å². The number of hydrogen-bond donors (Lipinski definition) is 1. The second-order valence-electron chi connectivity index (χ2n) is 7.60. The lowest BCUT2D eigenvalue weighted by atomic mass is 10.1. The quantitative estimate of drug-likeness (QED) is 0.397. The van der Waals surface area contributed by atoms with E-state index in [0.717, 1.165) is 34.7 Å². The second kappa shape index (κ2) is 9.93. The van der Waals surface area contributed by atoms with Crippen LogP contribution in [0.2, 0.25) is 0 Å². The van der Waals surface area contributed by atoms with Crippen molar-refractivity contribution in [3.8, 4) is 17.2 Å². The minimum Gasteiger partial charge on any atom is -0.493 e. The number of nitrogens with one attached hydrogen (secondary N) is 1. The van der Waals surface area contributed by atoms with Gasteiger partial charge in [0.25, 0.3) is 5.56 Å². The minimum absolute atomic E-state index is 0.124. The molecule has 1 N–H and O–H groups in total. The molecule has 0 saturated carbocycles. The molecule has 1 aliphatic heterocycles. The summed E-state index contributed by atoms with van der Waals surface area (Å²) >= 11 is 2.76. The molecule has 33 heavy (non-hydrogen) atoms.